The molecule has 1 saturated heterocycles. The first-order valence-corrected chi connectivity index (χ1v) is 11.0. The lowest BCUT2D eigenvalue weighted by molar-refractivity contribution is -0.148. The highest BCUT2D eigenvalue weighted by Crippen LogP contribution is 2.39. The van der Waals surface area contributed by atoms with Crippen LogP contribution in [0.2, 0.25) is 0 Å². The average Bonchev–Trinajstić information content (AvgIpc) is 3.63. The fraction of sp³-hybridized carbons (Fsp3) is 0.591. The summed E-state index contributed by atoms with van der Waals surface area (Å²) >= 11 is 0. The minimum atomic E-state index is -0.975. The zero-order valence-electron chi connectivity index (χ0n) is 17.5. The summed E-state index contributed by atoms with van der Waals surface area (Å²) in [7, 11) is 0. The smallest absolute Gasteiger partial charge is 0.407 e. The second-order valence-electron chi connectivity index (χ2n) is 8.72. The second-order valence-corrected chi connectivity index (χ2v) is 8.72. The number of nitrogens with zero attached hydrogens (tertiary/aromatic N) is 3. The van der Waals surface area contributed by atoms with Gasteiger partial charge in [-0.05, 0) is 44.2 Å². The Labute approximate surface area is 181 Å². The molecule has 9 heteroatoms. The molecule has 1 aromatic rings. The number of para-hydroxylation sites is 1. The third kappa shape index (κ3) is 4.61. The SMILES string of the molecule is O=C(NO)[C@H]1C[C@@H](N(C(=O)O)C2CC2)CC[C@@H]1C(=O)N1CCN(c2ccccc2)CC1. The van der Waals surface area contributed by atoms with E-state index in [1.807, 2.05) is 18.2 Å². The van der Waals surface area contributed by atoms with Crippen molar-refractivity contribution in [1.29, 1.82) is 0 Å². The van der Waals surface area contributed by atoms with Crippen LogP contribution in [0.25, 0.3) is 0 Å². The summed E-state index contributed by atoms with van der Waals surface area (Å²) in [6, 6.07) is 9.77. The van der Waals surface area contributed by atoms with Gasteiger partial charge in [0.05, 0.1) is 5.92 Å². The molecule has 2 aliphatic carbocycles. The highest BCUT2D eigenvalue weighted by atomic mass is 16.5. The van der Waals surface area contributed by atoms with Crippen LogP contribution >= 0.6 is 0 Å². The van der Waals surface area contributed by atoms with E-state index in [-0.39, 0.29) is 24.4 Å². The molecule has 0 radical (unpaired) electrons. The van der Waals surface area contributed by atoms with Crippen LogP contribution in [0, 0.1) is 11.8 Å². The molecule has 3 aliphatic rings. The lowest BCUT2D eigenvalue weighted by Crippen LogP contribution is -2.55. The van der Waals surface area contributed by atoms with Gasteiger partial charge in [-0.2, -0.15) is 0 Å². The van der Waals surface area contributed by atoms with Crippen molar-refractivity contribution in [2.24, 2.45) is 11.8 Å². The molecule has 0 spiro atoms. The standard InChI is InChI=1S/C22H30N4O5/c27-20(23-31)19-14-17(26(22(29)30)16-6-7-16)8-9-18(19)21(28)25-12-10-24(11-13-25)15-4-2-1-3-5-15/h1-5,16-19,31H,6-14H2,(H,23,27)(H,29,30)/t17-,18-,19-/m0/s1. The van der Waals surface area contributed by atoms with Crippen molar-refractivity contribution in [2.75, 3.05) is 31.1 Å². The van der Waals surface area contributed by atoms with Gasteiger partial charge in [-0.3, -0.25) is 14.8 Å². The third-order valence-corrected chi connectivity index (χ3v) is 6.85. The van der Waals surface area contributed by atoms with E-state index in [0.29, 0.717) is 25.9 Å². The van der Waals surface area contributed by atoms with Crippen LogP contribution in [0.1, 0.15) is 32.1 Å². The molecule has 3 atom stereocenters. The zero-order valence-corrected chi connectivity index (χ0v) is 17.5. The summed E-state index contributed by atoms with van der Waals surface area (Å²) < 4.78 is 0. The lowest BCUT2D eigenvalue weighted by atomic mass is 9.75. The van der Waals surface area contributed by atoms with E-state index in [2.05, 4.69) is 17.0 Å². The average molecular weight is 431 g/mol. The molecule has 31 heavy (non-hydrogen) atoms. The van der Waals surface area contributed by atoms with E-state index >= 15 is 0 Å². The Morgan fingerprint density at radius 3 is 2.13 bits per heavy atom. The van der Waals surface area contributed by atoms with Gasteiger partial charge in [-0.25, -0.2) is 10.3 Å². The summed E-state index contributed by atoms with van der Waals surface area (Å²) in [5, 5.41) is 18.9. The molecule has 2 saturated carbocycles. The van der Waals surface area contributed by atoms with Crippen LogP contribution in [-0.4, -0.2) is 76.3 Å². The van der Waals surface area contributed by atoms with Crippen molar-refractivity contribution in [3.63, 3.8) is 0 Å². The lowest BCUT2D eigenvalue weighted by Gasteiger charge is -2.42. The number of carbonyl (C=O) groups excluding carboxylic acids is 2. The Morgan fingerprint density at radius 1 is 0.903 bits per heavy atom. The maximum absolute atomic E-state index is 13.3. The van der Waals surface area contributed by atoms with Gasteiger partial charge < -0.3 is 19.8 Å². The van der Waals surface area contributed by atoms with Crippen LogP contribution in [-0.2, 0) is 9.59 Å². The zero-order chi connectivity index (χ0) is 22.0. The number of piperazine rings is 1. The minimum Gasteiger partial charge on any atom is -0.465 e. The van der Waals surface area contributed by atoms with Gasteiger partial charge in [0.25, 0.3) is 0 Å². The summed E-state index contributed by atoms with van der Waals surface area (Å²) in [6.07, 6.45) is 1.96. The van der Waals surface area contributed by atoms with Gasteiger partial charge in [0, 0.05) is 49.9 Å². The third-order valence-electron chi connectivity index (χ3n) is 6.85. The van der Waals surface area contributed by atoms with Crippen molar-refractivity contribution in [1.82, 2.24) is 15.3 Å². The Balaban J connectivity index is 1.41. The quantitative estimate of drug-likeness (QED) is 0.485. The molecular formula is C22H30N4O5. The maximum Gasteiger partial charge on any atom is 0.407 e. The number of benzene rings is 1. The molecule has 0 bridgehead atoms. The first kappa shape index (κ1) is 21.4. The molecule has 1 aromatic carbocycles. The van der Waals surface area contributed by atoms with E-state index in [9.17, 15) is 24.7 Å². The van der Waals surface area contributed by atoms with Crippen LogP contribution < -0.4 is 10.4 Å². The molecule has 3 N–H and O–H groups in total. The largest absolute Gasteiger partial charge is 0.465 e. The fourth-order valence-corrected chi connectivity index (χ4v) is 5.09. The Bertz CT molecular complexity index is 807. The number of nitrogens with one attached hydrogen (secondary N) is 1. The van der Waals surface area contributed by atoms with Crippen molar-refractivity contribution < 1.29 is 24.7 Å². The Kier molecular flexibility index (Phi) is 6.31. The van der Waals surface area contributed by atoms with E-state index in [1.54, 1.807) is 10.4 Å². The Morgan fingerprint density at radius 2 is 1.55 bits per heavy atom. The van der Waals surface area contributed by atoms with E-state index < -0.39 is 23.8 Å². The normalized spacial score (nSPS) is 26.3. The molecular weight excluding hydrogens is 400 g/mol. The summed E-state index contributed by atoms with van der Waals surface area (Å²) in [5.41, 5.74) is 2.83. The molecule has 1 aliphatic heterocycles. The van der Waals surface area contributed by atoms with Crippen LogP contribution in [0.15, 0.2) is 30.3 Å². The van der Waals surface area contributed by atoms with E-state index in [4.69, 9.17) is 0 Å². The van der Waals surface area contributed by atoms with Crippen LogP contribution in [0.3, 0.4) is 0 Å². The topological polar surface area (TPSA) is 113 Å². The first-order chi connectivity index (χ1) is 15.0. The monoisotopic (exact) mass is 430 g/mol. The van der Waals surface area contributed by atoms with Gasteiger partial charge in [0.15, 0.2) is 0 Å². The number of anilines is 1. The number of rotatable bonds is 5. The Hall–Kier alpha value is -2.81. The second kappa shape index (κ2) is 9.13. The molecule has 0 unspecified atom stereocenters. The highest BCUT2D eigenvalue weighted by molar-refractivity contribution is 5.87. The fourth-order valence-electron chi connectivity index (χ4n) is 5.09. The number of amides is 3. The number of carbonyl (C=O) groups is 3. The van der Waals surface area contributed by atoms with Crippen LogP contribution in [0.4, 0.5) is 10.5 Å². The van der Waals surface area contributed by atoms with Gasteiger partial charge >= 0.3 is 6.09 Å². The van der Waals surface area contributed by atoms with Crippen molar-refractivity contribution in [3.8, 4) is 0 Å². The highest BCUT2D eigenvalue weighted by Gasteiger charge is 2.46. The molecule has 3 amide bonds. The predicted octanol–water partition coefficient (Wildman–Crippen LogP) is 1.77. The van der Waals surface area contributed by atoms with Gasteiger partial charge in [-0.1, -0.05) is 18.2 Å². The van der Waals surface area contributed by atoms with Gasteiger partial charge in [0.1, 0.15) is 0 Å². The first-order valence-electron chi connectivity index (χ1n) is 11.0. The van der Waals surface area contributed by atoms with E-state index in [1.165, 1.54) is 4.90 Å². The van der Waals surface area contributed by atoms with Gasteiger partial charge in [-0.15, -0.1) is 0 Å². The summed E-state index contributed by atoms with van der Waals surface area (Å²) in [4.78, 5) is 42.9. The molecule has 1 heterocycles. The predicted molar refractivity (Wildman–Crippen MR) is 113 cm³/mol. The minimum absolute atomic E-state index is 0.0126. The number of hydroxylamine groups is 1. The molecule has 3 fully saturated rings. The molecule has 168 valence electrons. The van der Waals surface area contributed by atoms with Crippen molar-refractivity contribution in [3.05, 3.63) is 30.3 Å². The van der Waals surface area contributed by atoms with Crippen molar-refractivity contribution >= 4 is 23.6 Å². The van der Waals surface area contributed by atoms with Crippen LogP contribution in [0.5, 0.6) is 0 Å². The molecule has 0 aromatic heterocycles. The van der Waals surface area contributed by atoms with E-state index in [0.717, 1.165) is 31.6 Å². The maximum atomic E-state index is 13.3. The number of hydrogen-bond acceptors (Lipinski definition) is 5. The van der Waals surface area contributed by atoms with Crippen molar-refractivity contribution in [2.45, 2.75) is 44.2 Å². The molecule has 4 rings (SSSR count). The number of hydrogen-bond donors (Lipinski definition) is 3. The molecule has 9 nitrogen and oxygen atoms in total. The van der Waals surface area contributed by atoms with Gasteiger partial charge in [0.2, 0.25) is 11.8 Å². The number of carboxylic acid groups (broad SMARTS) is 1. The summed E-state index contributed by atoms with van der Waals surface area (Å²) in [5.74, 6) is -1.95. The summed E-state index contributed by atoms with van der Waals surface area (Å²) in [6.45, 7) is 2.59.